The Labute approximate surface area is 294 Å². The van der Waals surface area contributed by atoms with Gasteiger partial charge in [-0.05, 0) is 57.2 Å². The number of nitrogens with zero attached hydrogens (tertiary/aromatic N) is 1. The van der Waals surface area contributed by atoms with E-state index < -0.39 is 30.5 Å². The molecule has 3 aromatic carbocycles. The topological polar surface area (TPSA) is 79.2 Å². The molecule has 0 spiro atoms. The quantitative estimate of drug-likeness (QED) is 0.0991. The average molecular weight is 668 g/mol. The van der Waals surface area contributed by atoms with E-state index in [1.54, 1.807) is 0 Å². The largest absolute Gasteiger partial charge is 0.466 e. The highest BCUT2D eigenvalue weighted by molar-refractivity contribution is 6.48. The van der Waals surface area contributed by atoms with Crippen molar-refractivity contribution >= 4 is 7.12 Å². The Morgan fingerprint density at radius 1 is 0.633 bits per heavy atom. The Bertz CT molecular complexity index is 1400. The van der Waals surface area contributed by atoms with Gasteiger partial charge in [0.25, 0.3) is 0 Å². The van der Waals surface area contributed by atoms with Crippen molar-refractivity contribution in [1.29, 1.82) is 5.26 Å². The van der Waals surface area contributed by atoms with Crippen molar-refractivity contribution in [2.75, 3.05) is 6.61 Å². The van der Waals surface area contributed by atoms with Crippen molar-refractivity contribution in [3.8, 4) is 6.07 Å². The lowest BCUT2D eigenvalue weighted by atomic mass is 9.61. The number of unbranched alkanes of at least 4 members (excludes halogenated alkanes) is 5. The summed E-state index contributed by atoms with van der Waals surface area (Å²) in [6.07, 6.45) is 5.22. The minimum absolute atomic E-state index is 0.198. The molecule has 5 rings (SSSR count). The molecule has 0 aliphatic carbocycles. The highest BCUT2D eigenvalue weighted by Crippen LogP contribution is 2.47. The number of hydrogen-bond acceptors (Lipinski definition) is 7. The minimum atomic E-state index is -0.541. The van der Waals surface area contributed by atoms with Crippen molar-refractivity contribution in [1.82, 2.24) is 0 Å². The van der Waals surface area contributed by atoms with Crippen LogP contribution in [0.2, 0.25) is 5.82 Å². The van der Waals surface area contributed by atoms with Gasteiger partial charge in [-0.2, -0.15) is 5.26 Å². The number of ether oxygens (including phenoxy) is 4. The minimum Gasteiger partial charge on any atom is -0.403 e. The van der Waals surface area contributed by atoms with E-state index in [4.69, 9.17) is 33.5 Å². The predicted octanol–water partition coefficient (Wildman–Crippen LogP) is 8.86. The molecule has 0 unspecified atom stereocenters. The van der Waals surface area contributed by atoms with Crippen LogP contribution < -0.4 is 0 Å². The summed E-state index contributed by atoms with van der Waals surface area (Å²) in [7, 11) is -0.541. The molecule has 49 heavy (non-hydrogen) atoms. The smallest absolute Gasteiger partial charge is 0.403 e. The number of nitriles is 1. The van der Waals surface area contributed by atoms with E-state index in [1.807, 2.05) is 54.6 Å². The fourth-order valence-corrected chi connectivity index (χ4v) is 6.69. The molecule has 2 fully saturated rings. The average Bonchev–Trinajstić information content (AvgIpc) is 3.33. The fourth-order valence-electron chi connectivity index (χ4n) is 6.69. The van der Waals surface area contributed by atoms with Crippen LogP contribution in [0, 0.1) is 11.3 Å². The van der Waals surface area contributed by atoms with Gasteiger partial charge < -0.3 is 28.3 Å². The van der Waals surface area contributed by atoms with E-state index in [-0.39, 0.29) is 18.0 Å². The summed E-state index contributed by atoms with van der Waals surface area (Å²) in [5, 5.41) is 8.94. The highest BCUT2D eigenvalue weighted by Gasteiger charge is 2.60. The zero-order valence-corrected chi connectivity index (χ0v) is 29.8. The Morgan fingerprint density at radius 3 is 1.67 bits per heavy atom. The third-order valence-corrected chi connectivity index (χ3v) is 10.2. The number of rotatable bonds is 18. The maximum atomic E-state index is 8.94. The summed E-state index contributed by atoms with van der Waals surface area (Å²) in [4.78, 5) is 0. The fraction of sp³-hybridized carbons (Fsp3) is 0.537. The molecule has 2 aliphatic heterocycles. The van der Waals surface area contributed by atoms with Crippen LogP contribution in [0.25, 0.3) is 0 Å². The van der Waals surface area contributed by atoms with Crippen LogP contribution in [0.5, 0.6) is 0 Å². The van der Waals surface area contributed by atoms with Gasteiger partial charge in [0.2, 0.25) is 0 Å². The van der Waals surface area contributed by atoms with Gasteiger partial charge in [-0.1, -0.05) is 117 Å². The van der Waals surface area contributed by atoms with Gasteiger partial charge in [0.15, 0.2) is 0 Å². The molecule has 0 N–H and O–H groups in total. The lowest BCUT2D eigenvalue weighted by Crippen LogP contribution is -2.59. The van der Waals surface area contributed by atoms with Crippen LogP contribution in [0.4, 0.5) is 0 Å². The molecular weight excluding hydrogens is 613 g/mol. The summed E-state index contributed by atoms with van der Waals surface area (Å²) >= 11 is 0. The van der Waals surface area contributed by atoms with Crippen LogP contribution in [0.15, 0.2) is 91.0 Å². The van der Waals surface area contributed by atoms with E-state index in [0.29, 0.717) is 32.8 Å². The van der Waals surface area contributed by atoms with Crippen molar-refractivity contribution in [2.24, 2.45) is 0 Å². The number of benzene rings is 3. The first-order valence-electron chi connectivity index (χ1n) is 18.1. The zero-order chi connectivity index (χ0) is 34.5. The van der Waals surface area contributed by atoms with Crippen LogP contribution >= 0.6 is 0 Å². The van der Waals surface area contributed by atoms with Crippen molar-refractivity contribution in [3.05, 3.63) is 108 Å². The SMILES string of the molecule is CC1(C)OB([C@@H]2[C@@H](OCc3ccccc3)[C@H](OCc3ccccc3)[C@@H](COCc3ccccc3)O[C@@H]2CCCCCCCC#N)OC1(C)C. The standard InChI is InChI=1S/C41H54BNO6/c1-40(2)41(3,4)49-42(48-40)37-35(26-18-7-5-6-8-19-27-43)47-36(31-44-28-32-20-12-9-13-21-32)38(45-29-33-22-14-10-15-23-33)39(37)46-30-34-24-16-11-17-25-34/h9-17,20-25,35-39H,5-8,18-19,26,28-31H2,1-4H3/t35-,36-,37+,38-,39-/m1/s1. The molecule has 262 valence electrons. The van der Waals surface area contributed by atoms with Gasteiger partial charge in [0.1, 0.15) is 12.2 Å². The van der Waals surface area contributed by atoms with Crippen LogP contribution in [-0.2, 0) is 48.1 Å². The first kappa shape index (κ1) is 37.2. The van der Waals surface area contributed by atoms with E-state index in [2.05, 4.69) is 70.2 Å². The molecule has 2 saturated heterocycles. The summed E-state index contributed by atoms with van der Waals surface area (Å²) in [6, 6.07) is 33.0. The maximum Gasteiger partial charge on any atom is 0.466 e. The van der Waals surface area contributed by atoms with Crippen LogP contribution in [0.1, 0.15) is 89.3 Å². The molecule has 0 amide bonds. The molecule has 3 aromatic rings. The molecule has 8 heteroatoms. The van der Waals surface area contributed by atoms with Gasteiger partial charge >= 0.3 is 7.12 Å². The third kappa shape index (κ3) is 10.5. The van der Waals surface area contributed by atoms with Gasteiger partial charge in [-0.15, -0.1) is 0 Å². The van der Waals surface area contributed by atoms with Crippen molar-refractivity contribution < 1.29 is 28.3 Å². The number of hydrogen-bond donors (Lipinski definition) is 0. The van der Waals surface area contributed by atoms with Crippen molar-refractivity contribution in [2.45, 2.75) is 134 Å². The van der Waals surface area contributed by atoms with Gasteiger partial charge in [-0.25, -0.2) is 0 Å². The molecule has 0 aromatic heterocycles. The first-order valence-corrected chi connectivity index (χ1v) is 18.1. The Balaban J connectivity index is 1.44. The Morgan fingerprint density at radius 2 is 1.12 bits per heavy atom. The predicted molar refractivity (Wildman–Crippen MR) is 193 cm³/mol. The van der Waals surface area contributed by atoms with E-state index in [0.717, 1.165) is 55.2 Å². The monoisotopic (exact) mass is 667 g/mol. The second kappa shape index (κ2) is 18.3. The third-order valence-electron chi connectivity index (χ3n) is 10.2. The van der Waals surface area contributed by atoms with Gasteiger partial charge in [0, 0.05) is 12.2 Å². The normalized spacial score (nSPS) is 24.5. The maximum absolute atomic E-state index is 8.94. The van der Waals surface area contributed by atoms with Crippen molar-refractivity contribution in [3.63, 3.8) is 0 Å². The van der Waals surface area contributed by atoms with Crippen LogP contribution in [-0.4, -0.2) is 49.3 Å². The van der Waals surface area contributed by atoms with E-state index >= 15 is 0 Å². The highest BCUT2D eigenvalue weighted by atomic mass is 16.7. The molecule has 0 radical (unpaired) electrons. The lowest BCUT2D eigenvalue weighted by Gasteiger charge is -2.47. The lowest BCUT2D eigenvalue weighted by molar-refractivity contribution is -0.224. The van der Waals surface area contributed by atoms with E-state index in [9.17, 15) is 0 Å². The summed E-state index contributed by atoms with van der Waals surface area (Å²) in [5.74, 6) is -0.241. The first-order chi connectivity index (χ1) is 23.8. The van der Waals surface area contributed by atoms with Crippen LogP contribution in [0.3, 0.4) is 0 Å². The second-order valence-corrected chi connectivity index (χ2v) is 14.4. The van der Waals surface area contributed by atoms with E-state index in [1.165, 1.54) is 0 Å². The van der Waals surface area contributed by atoms with Gasteiger partial charge in [-0.3, -0.25) is 0 Å². The summed E-state index contributed by atoms with van der Waals surface area (Å²) in [6.45, 7) is 10.1. The molecule has 7 nitrogen and oxygen atoms in total. The molecular formula is C41H54BNO6. The Kier molecular flexibility index (Phi) is 13.9. The summed E-state index contributed by atoms with van der Waals surface area (Å²) < 4.78 is 40.8. The zero-order valence-electron chi connectivity index (χ0n) is 29.8. The summed E-state index contributed by atoms with van der Waals surface area (Å²) in [5.41, 5.74) is 2.26. The van der Waals surface area contributed by atoms with Gasteiger partial charge in [0.05, 0.1) is 55.9 Å². The molecule has 2 aliphatic rings. The second-order valence-electron chi connectivity index (χ2n) is 14.4. The molecule has 5 atom stereocenters. The Hall–Kier alpha value is -3.03. The molecule has 0 saturated carbocycles. The molecule has 2 heterocycles. The molecule has 0 bridgehead atoms.